The monoisotopic (exact) mass is 608 g/mol. The number of piperidine rings is 1. The van der Waals surface area contributed by atoms with Gasteiger partial charge >= 0.3 is 0 Å². The minimum absolute atomic E-state index is 0.121. The zero-order valence-corrected chi connectivity index (χ0v) is 25.8. The summed E-state index contributed by atoms with van der Waals surface area (Å²) in [6.07, 6.45) is 1.12. The third-order valence-corrected chi connectivity index (χ3v) is 8.32. The van der Waals surface area contributed by atoms with Crippen molar-refractivity contribution in [2.24, 2.45) is 0 Å². The fourth-order valence-electron chi connectivity index (χ4n) is 5.80. The molecule has 0 unspecified atom stereocenters. The Morgan fingerprint density at radius 2 is 1.42 bits per heavy atom. The molecule has 0 aromatic heterocycles. The van der Waals surface area contributed by atoms with Crippen molar-refractivity contribution in [3.8, 4) is 11.5 Å². The highest BCUT2D eigenvalue weighted by Gasteiger charge is 2.42. The van der Waals surface area contributed by atoms with Gasteiger partial charge in [-0.1, -0.05) is 72.8 Å². The number of benzene rings is 4. The maximum Gasteiger partial charge on any atom is 0.252 e. The summed E-state index contributed by atoms with van der Waals surface area (Å²) < 4.78 is 10.7. The summed E-state index contributed by atoms with van der Waals surface area (Å²) in [6.45, 7) is 2.53. The van der Waals surface area contributed by atoms with E-state index in [1.807, 2.05) is 60.7 Å². The Morgan fingerprint density at radius 3 is 2.13 bits per heavy atom. The van der Waals surface area contributed by atoms with Crippen LogP contribution in [0.25, 0.3) is 10.8 Å². The van der Waals surface area contributed by atoms with E-state index in [0.717, 1.165) is 22.9 Å². The molecule has 1 aliphatic rings. The van der Waals surface area contributed by atoms with Gasteiger partial charge in [-0.15, -0.1) is 0 Å². The molecule has 9 nitrogen and oxygen atoms in total. The quantitative estimate of drug-likeness (QED) is 0.209. The van der Waals surface area contributed by atoms with E-state index < -0.39 is 5.54 Å². The Bertz CT molecular complexity index is 1610. The van der Waals surface area contributed by atoms with Crippen molar-refractivity contribution >= 4 is 28.5 Å². The van der Waals surface area contributed by atoms with Crippen molar-refractivity contribution in [1.29, 1.82) is 0 Å². The van der Waals surface area contributed by atoms with Gasteiger partial charge in [0.2, 0.25) is 11.8 Å². The molecule has 1 aliphatic heterocycles. The molecular formula is C36H40N4O5. The molecule has 0 aliphatic carbocycles. The molecule has 4 aromatic rings. The number of carbonyl (C=O) groups excluding carboxylic acids is 3. The number of nitrogens with zero attached hydrogens (tertiary/aromatic N) is 1. The predicted octanol–water partition coefficient (Wildman–Crippen LogP) is 4.10. The summed E-state index contributed by atoms with van der Waals surface area (Å²) in [7, 11) is 3.05. The molecule has 1 saturated heterocycles. The maximum atomic E-state index is 13.8. The molecule has 4 aromatic carbocycles. The lowest BCUT2D eigenvalue weighted by atomic mass is 9.85. The Balaban J connectivity index is 1.22. The van der Waals surface area contributed by atoms with E-state index in [4.69, 9.17) is 9.47 Å². The molecule has 45 heavy (non-hydrogen) atoms. The van der Waals surface area contributed by atoms with Gasteiger partial charge in [-0.05, 0) is 46.9 Å². The summed E-state index contributed by atoms with van der Waals surface area (Å²) in [5, 5.41) is 11.1. The highest BCUT2D eigenvalue weighted by molar-refractivity contribution is 6.00. The number of hydrogen-bond acceptors (Lipinski definition) is 6. The first-order valence-electron chi connectivity index (χ1n) is 15.2. The lowest BCUT2D eigenvalue weighted by Crippen LogP contribution is -2.63. The predicted molar refractivity (Wildman–Crippen MR) is 174 cm³/mol. The van der Waals surface area contributed by atoms with Crippen LogP contribution in [0.3, 0.4) is 0 Å². The zero-order valence-electron chi connectivity index (χ0n) is 25.8. The number of likely N-dealkylation sites (tertiary alicyclic amines) is 1. The van der Waals surface area contributed by atoms with Gasteiger partial charge in [0.1, 0.15) is 17.0 Å². The number of rotatable bonds is 12. The second kappa shape index (κ2) is 14.7. The van der Waals surface area contributed by atoms with E-state index >= 15 is 0 Å². The minimum Gasteiger partial charge on any atom is -0.497 e. The summed E-state index contributed by atoms with van der Waals surface area (Å²) in [6, 6.07) is 29.0. The average Bonchev–Trinajstić information content (AvgIpc) is 3.07. The van der Waals surface area contributed by atoms with Crippen molar-refractivity contribution in [3.05, 3.63) is 108 Å². The molecule has 0 atom stereocenters. The van der Waals surface area contributed by atoms with E-state index in [2.05, 4.69) is 33.0 Å². The van der Waals surface area contributed by atoms with Crippen molar-refractivity contribution in [2.45, 2.75) is 31.3 Å². The van der Waals surface area contributed by atoms with Gasteiger partial charge in [0, 0.05) is 44.4 Å². The smallest absolute Gasteiger partial charge is 0.252 e. The van der Waals surface area contributed by atoms with Crippen LogP contribution >= 0.6 is 0 Å². The average molecular weight is 609 g/mol. The van der Waals surface area contributed by atoms with E-state index in [-0.39, 0.29) is 37.2 Å². The van der Waals surface area contributed by atoms with E-state index in [9.17, 15) is 14.4 Å². The Labute approximate surface area is 263 Å². The highest BCUT2D eigenvalue weighted by atomic mass is 16.5. The Morgan fingerprint density at radius 1 is 0.778 bits per heavy atom. The van der Waals surface area contributed by atoms with Crippen LogP contribution in [0, 0.1) is 0 Å². The number of nitrogens with one attached hydrogen (secondary N) is 3. The van der Waals surface area contributed by atoms with Crippen LogP contribution in [-0.2, 0) is 22.6 Å². The number of amides is 3. The summed E-state index contributed by atoms with van der Waals surface area (Å²) in [4.78, 5) is 42.4. The second-order valence-electron chi connectivity index (χ2n) is 11.3. The SMILES string of the molecule is COc1cc(OC)cc(C(=O)NC2(C(=O)NCCNC(=O)Cc3cccc4ccccc34)CCN(Cc3ccccc3)CC2)c1. The zero-order chi connectivity index (χ0) is 31.6. The molecule has 0 spiro atoms. The Kier molecular flexibility index (Phi) is 10.3. The molecule has 0 saturated carbocycles. The van der Waals surface area contributed by atoms with Gasteiger partial charge in [0.25, 0.3) is 5.91 Å². The number of fused-ring (bicyclic) bond motifs is 1. The van der Waals surface area contributed by atoms with Crippen LogP contribution in [-0.4, -0.2) is 68.6 Å². The van der Waals surface area contributed by atoms with Crippen LogP contribution in [0.2, 0.25) is 0 Å². The number of ether oxygens (including phenoxy) is 2. The first-order valence-corrected chi connectivity index (χ1v) is 15.2. The lowest BCUT2D eigenvalue weighted by molar-refractivity contribution is -0.129. The first-order chi connectivity index (χ1) is 21.9. The third-order valence-electron chi connectivity index (χ3n) is 8.32. The Hall–Kier alpha value is -4.89. The maximum absolute atomic E-state index is 13.8. The fraction of sp³-hybridized carbons (Fsp3) is 0.306. The van der Waals surface area contributed by atoms with Crippen LogP contribution in [0.15, 0.2) is 91.0 Å². The van der Waals surface area contributed by atoms with Gasteiger partial charge in [-0.25, -0.2) is 0 Å². The molecule has 0 radical (unpaired) electrons. The van der Waals surface area contributed by atoms with Crippen molar-refractivity contribution in [1.82, 2.24) is 20.9 Å². The van der Waals surface area contributed by atoms with Crippen molar-refractivity contribution < 1.29 is 23.9 Å². The van der Waals surface area contributed by atoms with Crippen LogP contribution in [0.4, 0.5) is 0 Å². The van der Waals surface area contributed by atoms with Crippen molar-refractivity contribution in [3.63, 3.8) is 0 Å². The van der Waals surface area contributed by atoms with Gasteiger partial charge in [-0.2, -0.15) is 0 Å². The van der Waals surface area contributed by atoms with Crippen LogP contribution in [0.1, 0.15) is 34.3 Å². The first kappa shape index (κ1) is 31.5. The van der Waals surface area contributed by atoms with Gasteiger partial charge in [-0.3, -0.25) is 19.3 Å². The topological polar surface area (TPSA) is 109 Å². The molecule has 1 heterocycles. The summed E-state index contributed by atoms with van der Waals surface area (Å²) in [5.74, 6) is 0.185. The van der Waals surface area contributed by atoms with Crippen LogP contribution in [0.5, 0.6) is 11.5 Å². The van der Waals surface area contributed by atoms with Gasteiger partial charge in [0.15, 0.2) is 0 Å². The standard InChI is InChI=1S/C36H40N4O5/c1-44-30-21-29(22-31(24-30)45-2)34(42)39-36(15-19-40(20-16-36)25-26-9-4-3-5-10-26)35(43)38-18-17-37-33(41)23-28-13-8-12-27-11-6-7-14-32(27)28/h3-14,21-22,24H,15-20,23,25H2,1-2H3,(H,37,41)(H,38,43)(H,39,42). The summed E-state index contributed by atoms with van der Waals surface area (Å²) in [5.41, 5.74) is 1.37. The van der Waals surface area contributed by atoms with Crippen LogP contribution < -0.4 is 25.4 Å². The van der Waals surface area contributed by atoms with E-state index in [1.165, 1.54) is 19.8 Å². The number of methoxy groups -OCH3 is 2. The largest absolute Gasteiger partial charge is 0.497 e. The third kappa shape index (κ3) is 7.99. The second-order valence-corrected chi connectivity index (χ2v) is 11.3. The van der Waals surface area contributed by atoms with Gasteiger partial charge < -0.3 is 25.4 Å². The van der Waals surface area contributed by atoms with Gasteiger partial charge in [0.05, 0.1) is 20.6 Å². The summed E-state index contributed by atoms with van der Waals surface area (Å²) >= 11 is 0. The fourth-order valence-corrected chi connectivity index (χ4v) is 5.80. The minimum atomic E-state index is -1.12. The molecule has 1 fully saturated rings. The highest BCUT2D eigenvalue weighted by Crippen LogP contribution is 2.27. The molecular weight excluding hydrogens is 568 g/mol. The molecule has 3 N–H and O–H groups in total. The molecule has 9 heteroatoms. The molecule has 3 amide bonds. The lowest BCUT2D eigenvalue weighted by Gasteiger charge is -2.41. The number of hydrogen-bond donors (Lipinski definition) is 3. The van der Waals surface area contributed by atoms with E-state index in [0.29, 0.717) is 43.0 Å². The number of carbonyl (C=O) groups is 3. The van der Waals surface area contributed by atoms with E-state index in [1.54, 1.807) is 18.2 Å². The van der Waals surface area contributed by atoms with Crippen molar-refractivity contribution in [2.75, 3.05) is 40.4 Å². The molecule has 5 rings (SSSR count). The molecule has 234 valence electrons. The molecule has 0 bridgehead atoms. The normalized spacial score (nSPS) is 14.4.